The molecule has 1 aromatic carbocycles. The van der Waals surface area contributed by atoms with Crippen LogP contribution in [-0.2, 0) is 6.42 Å². The van der Waals surface area contributed by atoms with Crippen LogP contribution in [0.3, 0.4) is 0 Å². The van der Waals surface area contributed by atoms with Crippen molar-refractivity contribution in [3.63, 3.8) is 0 Å². The molecule has 3 rings (SSSR count). The minimum absolute atomic E-state index is 0.00439. The number of carbonyl (C=O) groups excluding carboxylic acids is 1. The Bertz CT molecular complexity index is 566. The van der Waals surface area contributed by atoms with Crippen LogP contribution < -0.4 is 5.32 Å². The lowest BCUT2D eigenvalue weighted by Crippen LogP contribution is -2.40. The van der Waals surface area contributed by atoms with Crippen LogP contribution in [0.2, 0.25) is 0 Å². The summed E-state index contributed by atoms with van der Waals surface area (Å²) in [7, 11) is 0. The molecule has 0 aromatic heterocycles. The molecular formula is C16H17FN2O. The number of ketones is 1. The summed E-state index contributed by atoms with van der Waals surface area (Å²) in [5.74, 6) is -0.273. The van der Waals surface area contributed by atoms with Crippen LogP contribution in [0.5, 0.6) is 0 Å². The summed E-state index contributed by atoms with van der Waals surface area (Å²) in [5, 5.41) is 12.2. The number of nitriles is 1. The van der Waals surface area contributed by atoms with Gasteiger partial charge in [-0.05, 0) is 43.9 Å². The highest BCUT2D eigenvalue weighted by Crippen LogP contribution is 2.33. The van der Waals surface area contributed by atoms with Gasteiger partial charge in [0.2, 0.25) is 0 Å². The monoisotopic (exact) mass is 272 g/mol. The maximum atomic E-state index is 13.5. The van der Waals surface area contributed by atoms with Crippen molar-refractivity contribution >= 4 is 5.78 Å². The first kappa shape index (κ1) is 13.3. The van der Waals surface area contributed by atoms with Gasteiger partial charge in [0.1, 0.15) is 5.82 Å². The summed E-state index contributed by atoms with van der Waals surface area (Å²) in [5.41, 5.74) is 0.859. The van der Waals surface area contributed by atoms with Crippen molar-refractivity contribution in [2.24, 2.45) is 5.92 Å². The molecule has 0 saturated carbocycles. The van der Waals surface area contributed by atoms with E-state index in [9.17, 15) is 9.18 Å². The quantitative estimate of drug-likeness (QED) is 0.860. The molecular weight excluding hydrogens is 255 g/mol. The highest BCUT2D eigenvalue weighted by atomic mass is 19.1. The largest absolute Gasteiger partial charge is 0.311 e. The summed E-state index contributed by atoms with van der Waals surface area (Å²) in [6.45, 7) is 0. The standard InChI is InChI=1S/C16H17FN2O/c17-15-4-1-11(7-10(15)5-6-18)16(20)12-8-13-2-3-14(9-12)19-13/h1,4,7,12-14,19H,2-3,5,8-9H2. The third-order valence-corrected chi connectivity index (χ3v) is 4.44. The van der Waals surface area contributed by atoms with Crippen LogP contribution in [-0.4, -0.2) is 17.9 Å². The van der Waals surface area contributed by atoms with Gasteiger partial charge in [-0.2, -0.15) is 5.26 Å². The number of hydrogen-bond donors (Lipinski definition) is 1. The number of benzene rings is 1. The second kappa shape index (κ2) is 5.34. The molecule has 3 nitrogen and oxygen atoms in total. The highest BCUT2D eigenvalue weighted by molar-refractivity contribution is 5.98. The fourth-order valence-corrected chi connectivity index (χ4v) is 3.46. The molecule has 0 spiro atoms. The second-order valence-electron chi connectivity index (χ2n) is 5.81. The molecule has 4 heteroatoms. The zero-order valence-electron chi connectivity index (χ0n) is 11.2. The van der Waals surface area contributed by atoms with Crippen molar-refractivity contribution in [2.45, 2.75) is 44.2 Å². The van der Waals surface area contributed by atoms with Crippen LogP contribution in [0, 0.1) is 23.1 Å². The third-order valence-electron chi connectivity index (χ3n) is 4.44. The lowest BCUT2D eigenvalue weighted by Gasteiger charge is -2.28. The Balaban J connectivity index is 1.80. The molecule has 2 aliphatic rings. The number of nitrogens with zero attached hydrogens (tertiary/aromatic N) is 1. The van der Waals surface area contributed by atoms with Gasteiger partial charge in [0.25, 0.3) is 0 Å². The van der Waals surface area contributed by atoms with Gasteiger partial charge in [0, 0.05) is 29.1 Å². The van der Waals surface area contributed by atoms with Gasteiger partial charge in [0.05, 0.1) is 12.5 Å². The van der Waals surface area contributed by atoms with E-state index in [4.69, 9.17) is 5.26 Å². The van der Waals surface area contributed by atoms with Crippen molar-refractivity contribution < 1.29 is 9.18 Å². The molecule has 1 aromatic rings. The highest BCUT2D eigenvalue weighted by Gasteiger charge is 2.36. The lowest BCUT2D eigenvalue weighted by atomic mass is 9.85. The smallest absolute Gasteiger partial charge is 0.166 e. The molecule has 2 fully saturated rings. The predicted octanol–water partition coefficient (Wildman–Crippen LogP) is 2.61. The van der Waals surface area contributed by atoms with Crippen molar-refractivity contribution in [1.29, 1.82) is 5.26 Å². The van der Waals surface area contributed by atoms with E-state index in [0.717, 1.165) is 25.7 Å². The molecule has 104 valence electrons. The molecule has 20 heavy (non-hydrogen) atoms. The summed E-state index contributed by atoms with van der Waals surface area (Å²) in [4.78, 5) is 12.6. The Kier molecular flexibility index (Phi) is 3.54. The molecule has 2 unspecified atom stereocenters. The van der Waals surface area contributed by atoms with Gasteiger partial charge in [-0.25, -0.2) is 4.39 Å². The second-order valence-corrected chi connectivity index (χ2v) is 5.81. The molecule has 2 aliphatic heterocycles. The van der Waals surface area contributed by atoms with Gasteiger partial charge >= 0.3 is 0 Å². The molecule has 0 radical (unpaired) electrons. The number of halogens is 1. The molecule has 0 aliphatic carbocycles. The first-order chi connectivity index (χ1) is 9.67. The zero-order chi connectivity index (χ0) is 14.1. The number of Topliss-reactive ketones (excluding diaryl/α,β-unsaturated/α-hetero) is 1. The number of rotatable bonds is 3. The molecule has 2 atom stereocenters. The van der Waals surface area contributed by atoms with E-state index in [0.29, 0.717) is 23.2 Å². The van der Waals surface area contributed by atoms with Crippen LogP contribution in [0.4, 0.5) is 4.39 Å². The van der Waals surface area contributed by atoms with Crippen LogP contribution >= 0.6 is 0 Å². The summed E-state index contributed by atoms with van der Waals surface area (Å²) in [6, 6.07) is 7.24. The van der Waals surface area contributed by atoms with E-state index >= 15 is 0 Å². The molecule has 2 saturated heterocycles. The van der Waals surface area contributed by atoms with Crippen molar-refractivity contribution in [3.8, 4) is 6.07 Å². The molecule has 2 bridgehead atoms. The molecule has 1 N–H and O–H groups in total. The average molecular weight is 272 g/mol. The number of carbonyl (C=O) groups is 1. The van der Waals surface area contributed by atoms with E-state index in [-0.39, 0.29) is 18.1 Å². The number of nitrogens with one attached hydrogen (secondary N) is 1. The van der Waals surface area contributed by atoms with E-state index in [2.05, 4.69) is 5.32 Å². The average Bonchev–Trinajstić information content (AvgIpc) is 2.79. The number of fused-ring (bicyclic) bond motifs is 2. The zero-order valence-corrected chi connectivity index (χ0v) is 11.2. The Labute approximate surface area is 117 Å². The topological polar surface area (TPSA) is 52.9 Å². The summed E-state index contributed by atoms with van der Waals surface area (Å²) in [6.07, 6.45) is 4.06. The Morgan fingerprint density at radius 3 is 2.70 bits per heavy atom. The normalized spacial score (nSPS) is 28.1. The van der Waals surface area contributed by atoms with E-state index < -0.39 is 5.82 Å². The van der Waals surface area contributed by atoms with Gasteiger partial charge in [0.15, 0.2) is 5.78 Å². The minimum Gasteiger partial charge on any atom is -0.311 e. The Hall–Kier alpha value is -1.73. The Morgan fingerprint density at radius 2 is 2.05 bits per heavy atom. The lowest BCUT2D eigenvalue weighted by molar-refractivity contribution is 0.0875. The van der Waals surface area contributed by atoms with Gasteiger partial charge in [-0.3, -0.25) is 4.79 Å². The SMILES string of the molecule is N#CCc1cc(C(=O)C2CC3CCC(C2)N3)ccc1F. The maximum absolute atomic E-state index is 13.5. The fourth-order valence-electron chi connectivity index (χ4n) is 3.46. The van der Waals surface area contributed by atoms with Gasteiger partial charge in [-0.1, -0.05) is 0 Å². The summed E-state index contributed by atoms with van der Waals surface area (Å²) < 4.78 is 13.5. The molecule has 2 heterocycles. The van der Waals surface area contributed by atoms with E-state index in [1.165, 1.54) is 6.07 Å². The predicted molar refractivity (Wildman–Crippen MR) is 72.7 cm³/mol. The van der Waals surface area contributed by atoms with E-state index in [1.54, 1.807) is 12.1 Å². The van der Waals surface area contributed by atoms with Gasteiger partial charge in [-0.15, -0.1) is 0 Å². The number of hydrogen-bond acceptors (Lipinski definition) is 3. The van der Waals surface area contributed by atoms with Crippen molar-refractivity contribution in [1.82, 2.24) is 5.32 Å². The Morgan fingerprint density at radius 1 is 1.35 bits per heavy atom. The molecule has 0 amide bonds. The third kappa shape index (κ3) is 2.46. The van der Waals surface area contributed by atoms with Crippen molar-refractivity contribution in [2.75, 3.05) is 0 Å². The van der Waals surface area contributed by atoms with Crippen LogP contribution in [0.1, 0.15) is 41.6 Å². The van der Waals surface area contributed by atoms with Crippen molar-refractivity contribution in [3.05, 3.63) is 35.1 Å². The minimum atomic E-state index is -0.409. The van der Waals surface area contributed by atoms with E-state index in [1.807, 2.05) is 6.07 Å². The van der Waals surface area contributed by atoms with Gasteiger partial charge < -0.3 is 5.32 Å². The first-order valence-electron chi connectivity index (χ1n) is 7.13. The summed E-state index contributed by atoms with van der Waals surface area (Å²) >= 11 is 0. The van der Waals surface area contributed by atoms with Crippen LogP contribution in [0.25, 0.3) is 0 Å². The number of piperidine rings is 1. The van der Waals surface area contributed by atoms with Crippen LogP contribution in [0.15, 0.2) is 18.2 Å². The first-order valence-corrected chi connectivity index (χ1v) is 7.13. The fraction of sp³-hybridized carbons (Fsp3) is 0.500. The maximum Gasteiger partial charge on any atom is 0.166 e.